The molecule has 0 aliphatic heterocycles. The number of carbonyl (C=O) groups is 1. The monoisotopic (exact) mass is 466 g/mol. The van der Waals surface area contributed by atoms with Crippen molar-refractivity contribution in [2.75, 3.05) is 12.8 Å². The Morgan fingerprint density at radius 2 is 2.10 bits per heavy atom. The Hall–Kier alpha value is -1.54. The number of benzene rings is 1. The normalized spacial score (nSPS) is 13.6. The smallest absolute Gasteiger partial charge is 0.233 e. The molecule has 0 unspecified atom stereocenters. The third kappa shape index (κ3) is 5.15. The van der Waals surface area contributed by atoms with Crippen molar-refractivity contribution in [2.24, 2.45) is 0 Å². The van der Waals surface area contributed by atoms with Crippen LogP contribution in [0.3, 0.4) is 0 Å². The van der Waals surface area contributed by atoms with Crippen molar-refractivity contribution in [1.29, 1.82) is 0 Å². The van der Waals surface area contributed by atoms with Gasteiger partial charge in [-0.2, -0.15) is 0 Å². The Morgan fingerprint density at radius 1 is 1.28 bits per heavy atom. The van der Waals surface area contributed by atoms with E-state index in [4.69, 9.17) is 23.2 Å². The van der Waals surface area contributed by atoms with E-state index in [0.717, 1.165) is 35.8 Å². The van der Waals surface area contributed by atoms with E-state index in [1.807, 2.05) is 6.07 Å². The molecule has 1 aromatic carbocycles. The van der Waals surface area contributed by atoms with E-state index < -0.39 is 0 Å². The maximum Gasteiger partial charge on any atom is 0.233 e. The van der Waals surface area contributed by atoms with E-state index in [9.17, 15) is 4.79 Å². The van der Waals surface area contributed by atoms with Gasteiger partial charge in [0.15, 0.2) is 5.16 Å². The molecule has 1 fully saturated rings. The summed E-state index contributed by atoms with van der Waals surface area (Å²) in [5.74, 6) is 1.34. The van der Waals surface area contributed by atoms with Crippen molar-refractivity contribution in [3.8, 4) is 0 Å². The number of thioether (sulfide) groups is 1. The SMILES string of the molecule is CN(Cc1ccc(Cl)c(Cl)c1)C(=O)CSc1nnc(Cc2cccs2)n1C1CC1. The van der Waals surface area contributed by atoms with Gasteiger partial charge in [0.2, 0.25) is 5.91 Å². The number of aromatic nitrogens is 3. The molecule has 5 nitrogen and oxygen atoms in total. The second-order valence-electron chi connectivity index (χ2n) is 7.04. The summed E-state index contributed by atoms with van der Waals surface area (Å²) in [5, 5.41) is 12.7. The fraction of sp³-hybridized carbons (Fsp3) is 0.350. The molecule has 0 N–H and O–H groups in total. The summed E-state index contributed by atoms with van der Waals surface area (Å²) < 4.78 is 2.22. The zero-order chi connectivity index (χ0) is 20.4. The van der Waals surface area contributed by atoms with Crippen molar-refractivity contribution >= 4 is 52.2 Å². The van der Waals surface area contributed by atoms with Crippen LogP contribution in [0.15, 0.2) is 40.9 Å². The van der Waals surface area contributed by atoms with E-state index in [1.54, 1.807) is 35.4 Å². The van der Waals surface area contributed by atoms with Gasteiger partial charge in [-0.15, -0.1) is 21.5 Å². The summed E-state index contributed by atoms with van der Waals surface area (Å²) in [5.41, 5.74) is 0.944. The quantitative estimate of drug-likeness (QED) is 0.421. The lowest BCUT2D eigenvalue weighted by molar-refractivity contribution is -0.127. The minimum atomic E-state index is 0.0335. The van der Waals surface area contributed by atoms with Gasteiger partial charge in [-0.3, -0.25) is 4.79 Å². The van der Waals surface area contributed by atoms with Crippen LogP contribution in [0.4, 0.5) is 0 Å². The van der Waals surface area contributed by atoms with E-state index in [-0.39, 0.29) is 5.91 Å². The van der Waals surface area contributed by atoms with E-state index in [1.165, 1.54) is 16.6 Å². The third-order valence-corrected chi connectivity index (χ3v) is 7.26. The van der Waals surface area contributed by atoms with Crippen LogP contribution in [0.25, 0.3) is 0 Å². The van der Waals surface area contributed by atoms with Gasteiger partial charge in [0, 0.05) is 30.9 Å². The fourth-order valence-corrected chi connectivity index (χ4v) is 5.02. The first-order valence-electron chi connectivity index (χ1n) is 9.28. The van der Waals surface area contributed by atoms with Gasteiger partial charge >= 0.3 is 0 Å². The molecule has 4 rings (SSSR count). The summed E-state index contributed by atoms with van der Waals surface area (Å²) in [6.07, 6.45) is 3.08. The molecular formula is C20H20Cl2N4OS2. The lowest BCUT2D eigenvalue weighted by atomic mass is 10.2. The molecule has 1 aliphatic rings. The number of amides is 1. The highest BCUT2D eigenvalue weighted by molar-refractivity contribution is 7.99. The minimum absolute atomic E-state index is 0.0335. The minimum Gasteiger partial charge on any atom is -0.341 e. The highest BCUT2D eigenvalue weighted by Gasteiger charge is 2.30. The molecule has 9 heteroatoms. The maximum absolute atomic E-state index is 12.6. The van der Waals surface area contributed by atoms with Crippen molar-refractivity contribution < 1.29 is 4.79 Å². The van der Waals surface area contributed by atoms with E-state index in [0.29, 0.717) is 28.4 Å². The van der Waals surface area contributed by atoms with Crippen LogP contribution in [0.1, 0.15) is 35.1 Å². The molecule has 2 aromatic heterocycles. The predicted molar refractivity (Wildman–Crippen MR) is 119 cm³/mol. The fourth-order valence-electron chi connectivity index (χ4n) is 3.03. The van der Waals surface area contributed by atoms with E-state index in [2.05, 4.69) is 32.3 Å². The first-order chi connectivity index (χ1) is 14.0. The van der Waals surface area contributed by atoms with Crippen molar-refractivity contribution in [3.05, 3.63) is 62.0 Å². The van der Waals surface area contributed by atoms with Crippen LogP contribution < -0.4 is 0 Å². The number of rotatable bonds is 8. The largest absolute Gasteiger partial charge is 0.341 e. The molecule has 0 bridgehead atoms. The third-order valence-electron chi connectivity index (χ3n) is 4.71. The molecule has 0 saturated heterocycles. The number of carbonyl (C=O) groups excluding carboxylic acids is 1. The molecule has 1 saturated carbocycles. The molecule has 0 radical (unpaired) electrons. The van der Waals surface area contributed by atoms with Crippen LogP contribution in [0.5, 0.6) is 0 Å². The number of nitrogens with zero attached hydrogens (tertiary/aromatic N) is 4. The number of hydrogen-bond acceptors (Lipinski definition) is 5. The molecular weight excluding hydrogens is 447 g/mol. The lowest BCUT2D eigenvalue weighted by Gasteiger charge is -2.17. The molecule has 0 atom stereocenters. The molecule has 1 amide bonds. The van der Waals surface area contributed by atoms with Crippen molar-refractivity contribution in [3.63, 3.8) is 0 Å². The summed E-state index contributed by atoms with van der Waals surface area (Å²) >= 11 is 15.2. The maximum atomic E-state index is 12.6. The Bertz CT molecular complexity index is 1000. The van der Waals surface area contributed by atoms with Gasteiger partial charge in [0.25, 0.3) is 0 Å². The van der Waals surface area contributed by atoms with Crippen LogP contribution in [-0.2, 0) is 17.8 Å². The predicted octanol–water partition coefficient (Wildman–Crippen LogP) is 5.32. The highest BCUT2D eigenvalue weighted by Crippen LogP contribution is 2.39. The first kappa shape index (κ1) is 20.7. The van der Waals surface area contributed by atoms with Gasteiger partial charge in [-0.1, -0.05) is 47.1 Å². The van der Waals surface area contributed by atoms with Crippen LogP contribution in [0, 0.1) is 0 Å². The zero-order valence-corrected chi connectivity index (χ0v) is 19.0. The Morgan fingerprint density at radius 3 is 2.79 bits per heavy atom. The Kier molecular flexibility index (Phi) is 6.49. The Labute approximate surface area is 188 Å². The molecule has 29 heavy (non-hydrogen) atoms. The van der Waals surface area contributed by atoms with Gasteiger partial charge in [0.1, 0.15) is 5.82 Å². The lowest BCUT2D eigenvalue weighted by Crippen LogP contribution is -2.27. The van der Waals surface area contributed by atoms with Crippen molar-refractivity contribution in [2.45, 2.75) is 37.0 Å². The first-order valence-corrected chi connectivity index (χ1v) is 11.9. The van der Waals surface area contributed by atoms with Gasteiger partial charge in [-0.05, 0) is 42.0 Å². The van der Waals surface area contributed by atoms with Gasteiger partial charge in [0.05, 0.1) is 15.8 Å². The second kappa shape index (κ2) is 9.08. The molecule has 0 spiro atoms. The van der Waals surface area contributed by atoms with Crippen LogP contribution >= 0.6 is 46.3 Å². The topological polar surface area (TPSA) is 51.0 Å². The molecule has 1 aliphatic carbocycles. The average Bonchev–Trinajstić information content (AvgIpc) is 3.25. The highest BCUT2D eigenvalue weighted by atomic mass is 35.5. The Balaban J connectivity index is 1.38. The number of hydrogen-bond donors (Lipinski definition) is 0. The molecule has 3 aromatic rings. The van der Waals surface area contributed by atoms with E-state index >= 15 is 0 Å². The number of halogens is 2. The molecule has 152 valence electrons. The van der Waals surface area contributed by atoms with Gasteiger partial charge < -0.3 is 9.47 Å². The standard InChI is InChI=1S/C20H20Cl2N4OS2/c1-25(11-13-4-7-16(21)17(22)9-13)19(27)12-29-20-24-23-18(26(20)14-5-6-14)10-15-3-2-8-28-15/h2-4,7-9,14H,5-6,10-12H2,1H3. The van der Waals surface area contributed by atoms with Crippen LogP contribution in [-0.4, -0.2) is 38.4 Å². The summed E-state index contributed by atoms with van der Waals surface area (Å²) in [7, 11) is 1.79. The summed E-state index contributed by atoms with van der Waals surface area (Å²) in [6.45, 7) is 0.481. The van der Waals surface area contributed by atoms with Crippen molar-refractivity contribution in [1.82, 2.24) is 19.7 Å². The summed E-state index contributed by atoms with van der Waals surface area (Å²) in [4.78, 5) is 15.6. The second-order valence-corrected chi connectivity index (χ2v) is 9.83. The zero-order valence-electron chi connectivity index (χ0n) is 15.8. The van der Waals surface area contributed by atoms with Crippen LogP contribution in [0.2, 0.25) is 10.0 Å². The summed E-state index contributed by atoms with van der Waals surface area (Å²) in [6, 6.07) is 10.1. The molecule has 2 heterocycles. The van der Waals surface area contributed by atoms with Gasteiger partial charge in [-0.25, -0.2) is 0 Å². The average molecular weight is 467 g/mol. The number of thiophene rings is 1.